The van der Waals surface area contributed by atoms with Crippen LogP contribution in [0.4, 0.5) is 0 Å². The summed E-state index contributed by atoms with van der Waals surface area (Å²) in [7, 11) is 0. The van der Waals surface area contributed by atoms with Gasteiger partial charge in [-0.2, -0.15) is 0 Å². The predicted octanol–water partition coefficient (Wildman–Crippen LogP) is 1.72. The molecule has 0 radical (unpaired) electrons. The lowest BCUT2D eigenvalue weighted by atomic mass is 10.0. The Kier molecular flexibility index (Phi) is 3.96. The number of ether oxygens (including phenoxy) is 1. The van der Waals surface area contributed by atoms with Crippen molar-refractivity contribution in [3.63, 3.8) is 0 Å². The van der Waals surface area contributed by atoms with Crippen molar-refractivity contribution in [2.45, 2.75) is 38.8 Å². The third kappa shape index (κ3) is 2.62. The zero-order valence-corrected chi connectivity index (χ0v) is 9.93. The van der Waals surface area contributed by atoms with Crippen LogP contribution in [0.5, 0.6) is 0 Å². The summed E-state index contributed by atoms with van der Waals surface area (Å²) < 4.78 is 7.68. The number of nitrogens with zero attached hydrogens (tertiary/aromatic N) is 2. The van der Waals surface area contributed by atoms with Crippen LogP contribution in [0.2, 0.25) is 0 Å². The summed E-state index contributed by atoms with van der Waals surface area (Å²) in [4.78, 5) is 4.20. The van der Waals surface area contributed by atoms with Crippen LogP contribution in [0, 0.1) is 5.92 Å². The number of rotatable bonds is 4. The van der Waals surface area contributed by atoms with E-state index in [1.165, 1.54) is 12.8 Å². The van der Waals surface area contributed by atoms with Crippen molar-refractivity contribution in [2.24, 2.45) is 11.7 Å². The molecule has 0 spiro atoms. The molecule has 0 saturated carbocycles. The van der Waals surface area contributed by atoms with Gasteiger partial charge in [-0.05, 0) is 19.3 Å². The van der Waals surface area contributed by atoms with E-state index in [4.69, 9.17) is 10.5 Å². The lowest BCUT2D eigenvalue weighted by Gasteiger charge is -2.24. The zero-order valence-electron chi connectivity index (χ0n) is 9.93. The summed E-state index contributed by atoms with van der Waals surface area (Å²) in [5.41, 5.74) is 7.20. The van der Waals surface area contributed by atoms with Crippen molar-refractivity contribution in [3.8, 4) is 0 Å². The fraction of sp³-hybridized carbons (Fsp3) is 0.750. The molecule has 1 aromatic heterocycles. The minimum absolute atomic E-state index is 0.104. The second-order valence-electron chi connectivity index (χ2n) is 4.57. The van der Waals surface area contributed by atoms with Crippen molar-refractivity contribution in [1.82, 2.24) is 9.55 Å². The molecule has 90 valence electrons. The molecule has 2 rings (SSSR count). The lowest BCUT2D eigenvalue weighted by molar-refractivity contribution is 0.0479. The minimum Gasteiger partial charge on any atom is -0.381 e. The van der Waals surface area contributed by atoms with Crippen LogP contribution >= 0.6 is 0 Å². The summed E-state index contributed by atoms with van der Waals surface area (Å²) in [5, 5.41) is 0. The molecule has 0 aromatic carbocycles. The lowest BCUT2D eigenvalue weighted by Crippen LogP contribution is -2.24. The highest BCUT2D eigenvalue weighted by Crippen LogP contribution is 2.19. The van der Waals surface area contributed by atoms with Crippen LogP contribution < -0.4 is 5.73 Å². The normalized spacial score (nSPS) is 23.2. The Morgan fingerprint density at radius 1 is 1.69 bits per heavy atom. The highest BCUT2D eigenvalue weighted by Gasteiger charge is 2.17. The molecule has 4 nitrogen and oxygen atoms in total. The Morgan fingerprint density at radius 2 is 2.56 bits per heavy atom. The van der Waals surface area contributed by atoms with Gasteiger partial charge in [0.2, 0.25) is 0 Å². The first-order valence-electron chi connectivity index (χ1n) is 6.14. The van der Waals surface area contributed by atoms with Crippen molar-refractivity contribution in [3.05, 3.63) is 18.2 Å². The van der Waals surface area contributed by atoms with Gasteiger partial charge in [-0.15, -0.1) is 0 Å². The van der Waals surface area contributed by atoms with Gasteiger partial charge in [0.25, 0.3) is 0 Å². The third-order valence-electron chi connectivity index (χ3n) is 3.27. The molecule has 0 aliphatic carbocycles. The molecular formula is C12H21N3O. The summed E-state index contributed by atoms with van der Waals surface area (Å²) in [6, 6.07) is 0.104. The summed E-state index contributed by atoms with van der Waals surface area (Å²) in [6.45, 7) is 4.88. The van der Waals surface area contributed by atoms with Crippen molar-refractivity contribution in [2.75, 3.05) is 13.2 Å². The first-order chi connectivity index (χ1) is 7.81. The van der Waals surface area contributed by atoms with Gasteiger partial charge < -0.3 is 15.0 Å². The van der Waals surface area contributed by atoms with Crippen LogP contribution in [-0.2, 0) is 11.3 Å². The summed E-state index contributed by atoms with van der Waals surface area (Å²) in [6.07, 6.45) is 7.15. The number of aromatic nitrogens is 2. The van der Waals surface area contributed by atoms with E-state index in [0.717, 1.165) is 31.9 Å². The first kappa shape index (κ1) is 11.6. The molecule has 2 heterocycles. The van der Waals surface area contributed by atoms with Crippen LogP contribution in [0.1, 0.15) is 37.9 Å². The zero-order chi connectivity index (χ0) is 11.4. The fourth-order valence-electron chi connectivity index (χ4n) is 2.23. The van der Waals surface area contributed by atoms with Crippen LogP contribution in [-0.4, -0.2) is 22.8 Å². The third-order valence-corrected chi connectivity index (χ3v) is 3.27. The molecule has 16 heavy (non-hydrogen) atoms. The maximum absolute atomic E-state index is 6.05. The molecule has 1 saturated heterocycles. The van der Waals surface area contributed by atoms with Gasteiger partial charge in [-0.25, -0.2) is 4.98 Å². The van der Waals surface area contributed by atoms with Crippen LogP contribution in [0.3, 0.4) is 0 Å². The standard InChI is InChI=1S/C12H21N3O/c1-2-11(13)12-6-14-9-15(12)7-10-4-3-5-16-8-10/h6,9-11H,2-5,7-8,13H2,1H3/t10?,11-/m1/s1. The highest BCUT2D eigenvalue weighted by molar-refractivity contribution is 5.04. The summed E-state index contributed by atoms with van der Waals surface area (Å²) in [5.74, 6) is 0.616. The van der Waals surface area contributed by atoms with Gasteiger partial charge in [0, 0.05) is 31.3 Å². The Morgan fingerprint density at radius 3 is 3.25 bits per heavy atom. The van der Waals surface area contributed by atoms with Crippen LogP contribution in [0.15, 0.2) is 12.5 Å². The molecule has 0 amide bonds. The largest absolute Gasteiger partial charge is 0.381 e. The molecule has 1 unspecified atom stereocenters. The number of hydrogen-bond donors (Lipinski definition) is 1. The average Bonchev–Trinajstić information content (AvgIpc) is 2.77. The van der Waals surface area contributed by atoms with Crippen molar-refractivity contribution >= 4 is 0 Å². The average molecular weight is 223 g/mol. The molecule has 0 bridgehead atoms. The fourth-order valence-corrected chi connectivity index (χ4v) is 2.23. The van der Waals surface area contributed by atoms with Gasteiger partial charge in [0.15, 0.2) is 0 Å². The molecule has 1 aromatic rings. The molecule has 1 aliphatic rings. The number of imidazole rings is 1. The molecule has 1 aliphatic heterocycles. The predicted molar refractivity (Wildman–Crippen MR) is 63.0 cm³/mol. The smallest absolute Gasteiger partial charge is 0.0948 e. The molecule has 2 N–H and O–H groups in total. The topological polar surface area (TPSA) is 53.1 Å². The van der Waals surface area contributed by atoms with E-state index in [1.54, 1.807) is 0 Å². The minimum atomic E-state index is 0.104. The van der Waals surface area contributed by atoms with Crippen molar-refractivity contribution in [1.29, 1.82) is 0 Å². The van der Waals surface area contributed by atoms with Crippen LogP contribution in [0.25, 0.3) is 0 Å². The molecule has 2 atom stereocenters. The van der Waals surface area contributed by atoms with Gasteiger partial charge >= 0.3 is 0 Å². The summed E-state index contributed by atoms with van der Waals surface area (Å²) >= 11 is 0. The molecular weight excluding hydrogens is 202 g/mol. The van der Waals surface area contributed by atoms with Gasteiger partial charge in [-0.3, -0.25) is 0 Å². The van der Waals surface area contributed by atoms with E-state index in [1.807, 2.05) is 12.5 Å². The van der Waals surface area contributed by atoms with E-state index >= 15 is 0 Å². The molecule has 1 fully saturated rings. The van der Waals surface area contributed by atoms with E-state index in [-0.39, 0.29) is 6.04 Å². The Hall–Kier alpha value is -0.870. The van der Waals surface area contributed by atoms with E-state index < -0.39 is 0 Å². The van der Waals surface area contributed by atoms with E-state index in [0.29, 0.717) is 5.92 Å². The highest BCUT2D eigenvalue weighted by atomic mass is 16.5. The second kappa shape index (κ2) is 5.46. The molecule has 4 heteroatoms. The Bertz CT molecular complexity index is 318. The SMILES string of the molecule is CC[C@@H](N)c1cncn1CC1CCCOC1. The monoisotopic (exact) mass is 223 g/mol. The maximum Gasteiger partial charge on any atom is 0.0948 e. The first-order valence-corrected chi connectivity index (χ1v) is 6.14. The Labute approximate surface area is 96.8 Å². The van der Waals surface area contributed by atoms with Crippen molar-refractivity contribution < 1.29 is 4.74 Å². The van der Waals surface area contributed by atoms with E-state index in [2.05, 4.69) is 16.5 Å². The maximum atomic E-state index is 6.05. The van der Waals surface area contributed by atoms with Gasteiger partial charge in [0.05, 0.1) is 18.6 Å². The Balaban J connectivity index is 2.00. The van der Waals surface area contributed by atoms with Gasteiger partial charge in [0.1, 0.15) is 0 Å². The van der Waals surface area contributed by atoms with E-state index in [9.17, 15) is 0 Å². The number of hydrogen-bond acceptors (Lipinski definition) is 3. The van der Waals surface area contributed by atoms with Gasteiger partial charge in [-0.1, -0.05) is 6.92 Å². The number of nitrogens with two attached hydrogens (primary N) is 1. The second-order valence-corrected chi connectivity index (χ2v) is 4.57. The quantitative estimate of drug-likeness (QED) is 0.845.